The highest BCUT2D eigenvalue weighted by Gasteiger charge is 2.13. The smallest absolute Gasteiger partial charge is 0.310 e. The summed E-state index contributed by atoms with van der Waals surface area (Å²) in [6.45, 7) is 2.39. The summed E-state index contributed by atoms with van der Waals surface area (Å²) < 4.78 is 11.3. The van der Waals surface area contributed by atoms with Crippen LogP contribution in [-0.2, 0) is 17.9 Å². The Morgan fingerprint density at radius 2 is 1.82 bits per heavy atom. The maximum Gasteiger partial charge on any atom is 0.310 e. The van der Waals surface area contributed by atoms with E-state index in [-0.39, 0.29) is 29.3 Å². The van der Waals surface area contributed by atoms with Gasteiger partial charge >= 0.3 is 5.97 Å². The Bertz CT molecular complexity index is 1910. The van der Waals surface area contributed by atoms with Crippen molar-refractivity contribution in [1.29, 1.82) is 0 Å². The van der Waals surface area contributed by atoms with Gasteiger partial charge in [-0.2, -0.15) is 4.80 Å². The van der Waals surface area contributed by atoms with Crippen LogP contribution in [0.3, 0.4) is 0 Å². The maximum absolute atomic E-state index is 12.7. The van der Waals surface area contributed by atoms with Crippen molar-refractivity contribution in [3.8, 4) is 22.9 Å². The molecule has 0 spiro atoms. The number of aromatic nitrogens is 6. The number of hydrogen-bond acceptors (Lipinski definition) is 8. The maximum atomic E-state index is 12.7. The van der Waals surface area contributed by atoms with Crippen LogP contribution in [0.4, 0.5) is 0 Å². The number of nitrogens with zero attached hydrogens (tertiary/aromatic N) is 5. The van der Waals surface area contributed by atoms with E-state index in [0.29, 0.717) is 35.6 Å². The number of carbonyl (C=O) groups is 1. The van der Waals surface area contributed by atoms with E-state index in [0.717, 1.165) is 22.2 Å². The number of tetrazole rings is 1. The molecular formula is C30H24N6O4. The number of ether oxygens (including phenoxy) is 2. The predicted molar refractivity (Wildman–Crippen MR) is 149 cm³/mol. The fourth-order valence-electron chi connectivity index (χ4n) is 4.28. The minimum atomic E-state index is -0.344. The minimum absolute atomic E-state index is 0.189. The molecule has 0 bridgehead atoms. The molecule has 0 aliphatic heterocycles. The number of benzene rings is 3. The van der Waals surface area contributed by atoms with Gasteiger partial charge in [0, 0.05) is 22.7 Å². The molecule has 0 unspecified atom stereocenters. The molecule has 3 aromatic carbocycles. The van der Waals surface area contributed by atoms with Crippen molar-refractivity contribution in [2.45, 2.75) is 26.5 Å². The quantitative estimate of drug-likeness (QED) is 0.221. The van der Waals surface area contributed by atoms with E-state index in [2.05, 4.69) is 25.4 Å². The lowest BCUT2D eigenvalue weighted by molar-refractivity contribution is -0.134. The Hall–Kier alpha value is -5.38. The van der Waals surface area contributed by atoms with Crippen LogP contribution in [0.2, 0.25) is 0 Å². The second kappa shape index (κ2) is 10.8. The number of fused-ring (bicyclic) bond motifs is 2. The van der Waals surface area contributed by atoms with Gasteiger partial charge in [0.15, 0.2) is 0 Å². The zero-order chi connectivity index (χ0) is 27.5. The summed E-state index contributed by atoms with van der Waals surface area (Å²) in [4.78, 5) is 33.3. The highest BCUT2D eigenvalue weighted by Crippen LogP contribution is 2.22. The van der Waals surface area contributed by atoms with Crippen molar-refractivity contribution in [3.05, 3.63) is 107 Å². The minimum Gasteiger partial charge on any atom is -0.487 e. The number of para-hydroxylation sites is 1. The third-order valence-electron chi connectivity index (χ3n) is 6.30. The molecule has 10 nitrogen and oxygen atoms in total. The van der Waals surface area contributed by atoms with Gasteiger partial charge in [0.25, 0.3) is 5.56 Å². The van der Waals surface area contributed by atoms with Gasteiger partial charge in [-0.15, -0.1) is 10.2 Å². The van der Waals surface area contributed by atoms with E-state index in [1.807, 2.05) is 60.7 Å². The largest absolute Gasteiger partial charge is 0.487 e. The van der Waals surface area contributed by atoms with E-state index in [4.69, 9.17) is 9.47 Å². The highest BCUT2D eigenvalue weighted by atomic mass is 16.5. The predicted octanol–water partition coefficient (Wildman–Crippen LogP) is 4.67. The summed E-state index contributed by atoms with van der Waals surface area (Å²) in [5, 5.41) is 14.4. The van der Waals surface area contributed by atoms with Gasteiger partial charge in [-0.25, -0.2) is 4.98 Å². The van der Waals surface area contributed by atoms with Gasteiger partial charge in [-0.3, -0.25) is 9.59 Å². The highest BCUT2D eigenvalue weighted by molar-refractivity contribution is 5.84. The molecule has 3 heterocycles. The first-order chi connectivity index (χ1) is 19.5. The van der Waals surface area contributed by atoms with Crippen molar-refractivity contribution >= 4 is 27.8 Å². The topological polar surface area (TPSA) is 125 Å². The van der Waals surface area contributed by atoms with Crippen molar-refractivity contribution < 1.29 is 14.3 Å². The Labute approximate surface area is 228 Å². The number of H-pyrrole nitrogens is 1. The number of pyridine rings is 2. The summed E-state index contributed by atoms with van der Waals surface area (Å²) >= 11 is 0. The van der Waals surface area contributed by atoms with Crippen molar-refractivity contribution in [3.63, 3.8) is 0 Å². The third-order valence-corrected chi connectivity index (χ3v) is 6.30. The van der Waals surface area contributed by atoms with Gasteiger partial charge in [-0.1, -0.05) is 43.3 Å². The molecule has 40 heavy (non-hydrogen) atoms. The van der Waals surface area contributed by atoms with Gasteiger partial charge in [-0.05, 0) is 59.3 Å². The van der Waals surface area contributed by atoms with Crippen LogP contribution in [0.5, 0.6) is 11.5 Å². The fourth-order valence-corrected chi connectivity index (χ4v) is 4.28. The summed E-state index contributed by atoms with van der Waals surface area (Å²) in [5.41, 5.74) is 3.19. The molecule has 0 saturated heterocycles. The first-order valence-electron chi connectivity index (χ1n) is 12.8. The normalized spacial score (nSPS) is 11.1. The average molecular weight is 533 g/mol. The lowest BCUT2D eigenvalue weighted by Gasteiger charge is -2.08. The van der Waals surface area contributed by atoms with Gasteiger partial charge in [0.05, 0.1) is 23.3 Å². The van der Waals surface area contributed by atoms with Crippen LogP contribution < -0.4 is 15.0 Å². The number of aromatic amines is 1. The van der Waals surface area contributed by atoms with Crippen LogP contribution in [0, 0.1) is 0 Å². The van der Waals surface area contributed by atoms with Crippen molar-refractivity contribution in [2.75, 3.05) is 0 Å². The number of nitrogens with one attached hydrogen (secondary N) is 1. The van der Waals surface area contributed by atoms with Gasteiger partial charge in [0.2, 0.25) is 5.82 Å². The molecular weight excluding hydrogens is 508 g/mol. The molecule has 6 rings (SSSR count). The monoisotopic (exact) mass is 532 g/mol. The second-order valence-corrected chi connectivity index (χ2v) is 9.16. The Morgan fingerprint density at radius 3 is 2.73 bits per heavy atom. The van der Waals surface area contributed by atoms with Crippen LogP contribution in [0.25, 0.3) is 33.2 Å². The van der Waals surface area contributed by atoms with Crippen LogP contribution in [0.1, 0.15) is 24.6 Å². The zero-order valence-corrected chi connectivity index (χ0v) is 21.6. The molecule has 198 valence electrons. The SMILES string of the molecule is CCC(=O)Oc1ccc2[nH]c(=O)c(-c3nnn(Cc4cccc(OCc5ccc6ccccc6n5)c4)n3)cc2c1. The summed E-state index contributed by atoms with van der Waals surface area (Å²) in [5.74, 6) is 0.938. The Kier molecular flexibility index (Phi) is 6.72. The number of rotatable bonds is 8. The summed E-state index contributed by atoms with van der Waals surface area (Å²) in [6.07, 6.45) is 0.263. The van der Waals surface area contributed by atoms with Crippen LogP contribution in [0.15, 0.2) is 89.7 Å². The van der Waals surface area contributed by atoms with E-state index in [1.54, 1.807) is 31.2 Å². The molecule has 0 atom stereocenters. The van der Waals surface area contributed by atoms with E-state index >= 15 is 0 Å². The molecule has 0 amide bonds. The molecule has 1 N–H and O–H groups in total. The molecule has 0 saturated carbocycles. The van der Waals surface area contributed by atoms with Crippen LogP contribution >= 0.6 is 0 Å². The molecule has 0 aliphatic carbocycles. The second-order valence-electron chi connectivity index (χ2n) is 9.16. The first kappa shape index (κ1) is 24.9. The fraction of sp³-hybridized carbons (Fsp3) is 0.133. The molecule has 0 aliphatic rings. The summed E-state index contributed by atoms with van der Waals surface area (Å²) in [7, 11) is 0. The molecule has 3 aromatic heterocycles. The van der Waals surface area contributed by atoms with Gasteiger partial charge < -0.3 is 14.5 Å². The van der Waals surface area contributed by atoms with Crippen LogP contribution in [-0.4, -0.2) is 36.1 Å². The average Bonchev–Trinajstić information content (AvgIpc) is 3.44. The van der Waals surface area contributed by atoms with Crippen molar-refractivity contribution in [1.82, 2.24) is 30.2 Å². The Balaban J connectivity index is 1.17. The molecule has 10 heteroatoms. The summed E-state index contributed by atoms with van der Waals surface area (Å²) in [6, 6.07) is 26.2. The molecule has 0 radical (unpaired) electrons. The van der Waals surface area contributed by atoms with Crippen molar-refractivity contribution in [2.24, 2.45) is 0 Å². The van der Waals surface area contributed by atoms with E-state index < -0.39 is 0 Å². The lowest BCUT2D eigenvalue weighted by atomic mass is 10.1. The first-order valence-corrected chi connectivity index (χ1v) is 12.8. The zero-order valence-electron chi connectivity index (χ0n) is 21.6. The molecule has 0 fully saturated rings. The number of hydrogen-bond donors (Lipinski definition) is 1. The van der Waals surface area contributed by atoms with E-state index in [9.17, 15) is 9.59 Å². The standard InChI is InChI=1S/C30H24N6O4/c1-2-28(37)40-24-12-13-27-21(15-24)16-25(30(38)32-27)29-33-35-36(34-29)17-19-6-5-8-23(14-19)39-18-22-11-10-20-7-3-4-9-26(20)31-22/h3-16H,2,17-18H2,1H3,(H,32,38). The third kappa shape index (κ3) is 5.41. The number of esters is 1. The number of carbonyl (C=O) groups excluding carboxylic acids is 1. The van der Waals surface area contributed by atoms with Gasteiger partial charge in [0.1, 0.15) is 18.1 Å². The lowest BCUT2D eigenvalue weighted by Crippen LogP contribution is -2.10. The molecule has 6 aromatic rings. The van der Waals surface area contributed by atoms with E-state index in [1.165, 1.54) is 4.80 Å². The Morgan fingerprint density at radius 1 is 0.925 bits per heavy atom.